The highest BCUT2D eigenvalue weighted by atomic mass is 32.2. The predicted molar refractivity (Wildman–Crippen MR) is 111 cm³/mol. The monoisotopic (exact) mass is 486 g/mol. The topological polar surface area (TPSA) is 202 Å². The number of carbonyl (C=O) groups is 3. The number of nitrogen functional groups attached to an aromatic ring is 1. The van der Waals surface area contributed by atoms with Crippen LogP contribution in [0.15, 0.2) is 21.1 Å². The maximum atomic E-state index is 12.5. The summed E-state index contributed by atoms with van der Waals surface area (Å²) >= 11 is 1.08. The van der Waals surface area contributed by atoms with E-state index in [0.29, 0.717) is 15.0 Å². The van der Waals surface area contributed by atoms with E-state index in [1.54, 1.807) is 11.6 Å². The van der Waals surface area contributed by atoms with Crippen LogP contribution in [-0.4, -0.2) is 73.8 Å². The van der Waals surface area contributed by atoms with E-state index in [4.69, 9.17) is 10.3 Å². The second-order valence-corrected chi connectivity index (χ2v) is 8.94. The van der Waals surface area contributed by atoms with E-state index in [1.165, 1.54) is 18.6 Å². The fourth-order valence-corrected chi connectivity index (χ4v) is 3.84. The van der Waals surface area contributed by atoms with Crippen LogP contribution in [-0.2, 0) is 24.6 Å². The van der Waals surface area contributed by atoms with Gasteiger partial charge in [0, 0.05) is 18.5 Å². The summed E-state index contributed by atoms with van der Waals surface area (Å²) in [6.07, 6.45) is 0. The molecule has 2 aromatic heterocycles. The van der Waals surface area contributed by atoms with Gasteiger partial charge in [0.1, 0.15) is 24.6 Å². The molecular formula is C15H18N8O7S2. The Kier molecular flexibility index (Phi) is 6.30. The largest absolute Gasteiger partial charge is 0.398 e. The zero-order chi connectivity index (χ0) is 23.6. The van der Waals surface area contributed by atoms with Crippen molar-refractivity contribution in [2.24, 2.45) is 5.16 Å². The van der Waals surface area contributed by atoms with Crippen molar-refractivity contribution in [1.29, 1.82) is 0 Å². The van der Waals surface area contributed by atoms with Crippen LogP contribution >= 0.6 is 11.3 Å². The van der Waals surface area contributed by atoms with E-state index in [-0.39, 0.29) is 28.9 Å². The molecule has 1 atom stereocenters. The number of likely N-dealkylation sites (tertiary alicyclic amines) is 1. The molecule has 1 aliphatic rings. The zero-order valence-electron chi connectivity index (χ0n) is 16.9. The van der Waals surface area contributed by atoms with Gasteiger partial charge in [-0.3, -0.25) is 14.5 Å². The molecule has 32 heavy (non-hydrogen) atoms. The first-order valence-corrected chi connectivity index (χ1v) is 11.0. The van der Waals surface area contributed by atoms with Gasteiger partial charge in [-0.25, -0.2) is 18.8 Å². The number of β-lactam (4-membered cyclic amide) rings is 1. The standard InChI is InChI=1S/C15H18N8O7S2/c1-7-4-10(19-30-7)22(2)32(27,28)21-15(26)23-5-8(13(23)25)17-12(24)11(20-29-3)9-6-31-14(16)18-9/h4,6,8H,5H2,1-3H3,(H2,16,18)(H,17,24)(H,21,26)/b20-11-/t8-/m0/s1. The first-order chi connectivity index (χ1) is 15.0. The van der Waals surface area contributed by atoms with Gasteiger partial charge in [-0.15, -0.1) is 11.3 Å². The average molecular weight is 486 g/mol. The maximum Gasteiger partial charge on any atom is 0.339 e. The van der Waals surface area contributed by atoms with Crippen molar-refractivity contribution >= 4 is 56.1 Å². The number of nitrogens with two attached hydrogens (primary N) is 1. The number of aromatic nitrogens is 2. The van der Waals surface area contributed by atoms with Gasteiger partial charge in [-0.1, -0.05) is 10.3 Å². The lowest BCUT2D eigenvalue weighted by Gasteiger charge is -2.36. The summed E-state index contributed by atoms with van der Waals surface area (Å²) in [4.78, 5) is 46.2. The van der Waals surface area contributed by atoms with Crippen LogP contribution in [0.2, 0.25) is 0 Å². The summed E-state index contributed by atoms with van der Waals surface area (Å²) in [6, 6.07) is -0.922. The summed E-state index contributed by atoms with van der Waals surface area (Å²) < 4.78 is 31.9. The fourth-order valence-electron chi connectivity index (χ4n) is 2.49. The maximum absolute atomic E-state index is 12.5. The number of urea groups is 1. The number of hydrogen-bond acceptors (Lipinski definition) is 12. The number of oxime groups is 1. The normalized spacial score (nSPS) is 16.3. The average Bonchev–Trinajstić information content (AvgIpc) is 3.35. The van der Waals surface area contributed by atoms with Crippen LogP contribution in [0.4, 0.5) is 15.7 Å². The predicted octanol–water partition coefficient (Wildman–Crippen LogP) is -1.21. The van der Waals surface area contributed by atoms with E-state index in [9.17, 15) is 22.8 Å². The first kappa shape index (κ1) is 22.9. The molecule has 172 valence electrons. The highest BCUT2D eigenvalue weighted by Gasteiger charge is 2.44. The quantitative estimate of drug-likeness (QED) is 0.242. The fraction of sp³-hybridized carbons (Fsp3) is 0.333. The molecule has 15 nitrogen and oxygen atoms in total. The molecule has 1 saturated heterocycles. The van der Waals surface area contributed by atoms with Gasteiger partial charge in [-0.05, 0) is 6.92 Å². The molecule has 0 spiro atoms. The number of imide groups is 1. The van der Waals surface area contributed by atoms with E-state index in [0.717, 1.165) is 18.4 Å². The van der Waals surface area contributed by atoms with Crippen LogP contribution in [0, 0.1) is 6.92 Å². The number of nitrogens with one attached hydrogen (secondary N) is 2. The third-order valence-corrected chi connectivity index (χ3v) is 6.17. The van der Waals surface area contributed by atoms with Crippen LogP contribution in [0.25, 0.3) is 0 Å². The molecule has 0 bridgehead atoms. The minimum atomic E-state index is -4.36. The third-order valence-electron chi connectivity index (χ3n) is 4.16. The number of aryl methyl sites for hydroxylation is 1. The minimum absolute atomic E-state index is 0.0597. The lowest BCUT2D eigenvalue weighted by molar-refractivity contribution is -0.141. The minimum Gasteiger partial charge on any atom is -0.398 e. The second kappa shape index (κ2) is 8.79. The smallest absolute Gasteiger partial charge is 0.339 e. The molecule has 0 saturated carbocycles. The summed E-state index contributed by atoms with van der Waals surface area (Å²) in [7, 11) is -1.99. The molecule has 3 rings (SSSR count). The molecule has 2 aromatic rings. The number of carbonyl (C=O) groups excluding carboxylic acids is 3. The van der Waals surface area contributed by atoms with Crippen molar-refractivity contribution in [2.45, 2.75) is 13.0 Å². The third kappa shape index (κ3) is 4.62. The Labute approximate surface area is 185 Å². The Hall–Kier alpha value is -3.73. The number of rotatable bonds is 7. The van der Waals surface area contributed by atoms with E-state index >= 15 is 0 Å². The Morgan fingerprint density at radius 3 is 2.72 bits per heavy atom. The van der Waals surface area contributed by atoms with Crippen LogP contribution in [0.1, 0.15) is 11.5 Å². The molecule has 1 aliphatic heterocycles. The van der Waals surface area contributed by atoms with Gasteiger partial charge >= 0.3 is 16.2 Å². The second-order valence-electron chi connectivity index (χ2n) is 6.34. The van der Waals surface area contributed by atoms with Crippen molar-refractivity contribution in [3.63, 3.8) is 0 Å². The van der Waals surface area contributed by atoms with E-state index in [1.807, 2.05) is 0 Å². The zero-order valence-corrected chi connectivity index (χ0v) is 18.6. The number of amides is 4. The van der Waals surface area contributed by atoms with Crippen molar-refractivity contribution < 1.29 is 32.2 Å². The highest BCUT2D eigenvalue weighted by Crippen LogP contribution is 2.17. The molecule has 4 N–H and O–H groups in total. The molecule has 4 amide bonds. The number of thiazole rings is 1. The van der Waals surface area contributed by atoms with Crippen molar-refractivity contribution in [3.05, 3.63) is 22.9 Å². The Bertz CT molecular complexity index is 1190. The molecule has 0 aromatic carbocycles. The number of hydrogen-bond donors (Lipinski definition) is 3. The first-order valence-electron chi connectivity index (χ1n) is 8.72. The van der Waals surface area contributed by atoms with Crippen molar-refractivity contribution in [1.82, 2.24) is 25.1 Å². The molecular weight excluding hydrogens is 468 g/mol. The summed E-state index contributed by atoms with van der Waals surface area (Å²) in [5.41, 5.74) is 5.47. The van der Waals surface area contributed by atoms with Crippen LogP contribution in [0.5, 0.6) is 0 Å². The number of anilines is 2. The highest BCUT2D eigenvalue weighted by molar-refractivity contribution is 7.91. The number of nitrogens with zero attached hydrogens (tertiary/aromatic N) is 5. The van der Waals surface area contributed by atoms with E-state index < -0.39 is 34.1 Å². The van der Waals surface area contributed by atoms with E-state index in [2.05, 4.69) is 25.5 Å². The SMILES string of the molecule is CO/N=C(\C(=O)N[C@H]1CN(C(=O)NS(=O)(=O)N(C)c2cc(C)on2)C1=O)c1csc(N)n1. The Balaban J connectivity index is 1.60. The van der Waals surface area contributed by atoms with Gasteiger partial charge in [-0.2, -0.15) is 8.42 Å². The molecule has 1 fully saturated rings. The summed E-state index contributed by atoms with van der Waals surface area (Å²) in [6.45, 7) is 1.30. The van der Waals surface area contributed by atoms with Gasteiger partial charge in [0.05, 0.1) is 6.54 Å². The molecule has 3 heterocycles. The molecule has 17 heteroatoms. The summed E-state index contributed by atoms with van der Waals surface area (Å²) in [5.74, 6) is -1.30. The van der Waals surface area contributed by atoms with Gasteiger partial charge in [0.2, 0.25) is 0 Å². The Morgan fingerprint density at radius 1 is 1.47 bits per heavy atom. The van der Waals surface area contributed by atoms with Crippen LogP contribution < -0.4 is 20.1 Å². The van der Waals surface area contributed by atoms with Gasteiger partial charge < -0.3 is 20.4 Å². The van der Waals surface area contributed by atoms with Crippen molar-refractivity contribution in [3.8, 4) is 0 Å². The Morgan fingerprint density at radius 2 is 2.19 bits per heavy atom. The van der Waals surface area contributed by atoms with Gasteiger partial charge in [0.15, 0.2) is 16.7 Å². The lowest BCUT2D eigenvalue weighted by atomic mass is 10.1. The van der Waals surface area contributed by atoms with Gasteiger partial charge in [0.25, 0.3) is 11.8 Å². The lowest BCUT2D eigenvalue weighted by Crippen LogP contribution is -2.68. The van der Waals surface area contributed by atoms with Crippen molar-refractivity contribution in [2.75, 3.05) is 30.7 Å². The van der Waals surface area contributed by atoms with Crippen LogP contribution in [0.3, 0.4) is 0 Å². The molecule has 0 radical (unpaired) electrons. The molecule has 0 aliphatic carbocycles. The molecule has 0 unspecified atom stereocenters. The summed E-state index contributed by atoms with van der Waals surface area (Å²) in [5, 5.41) is 11.2.